The number of rotatable bonds is 6. The van der Waals surface area contributed by atoms with Gasteiger partial charge in [-0.25, -0.2) is 4.98 Å². The van der Waals surface area contributed by atoms with Crippen molar-refractivity contribution in [1.29, 1.82) is 0 Å². The lowest BCUT2D eigenvalue weighted by atomic mass is 10.1. The zero-order valence-corrected chi connectivity index (χ0v) is 15.5. The molecule has 27 heavy (non-hydrogen) atoms. The van der Waals surface area contributed by atoms with Crippen LogP contribution in [-0.4, -0.2) is 22.8 Å². The Bertz CT molecular complexity index is 968. The summed E-state index contributed by atoms with van der Waals surface area (Å²) in [5, 5.41) is 6.80. The molecule has 1 atom stereocenters. The molecule has 0 saturated carbocycles. The van der Waals surface area contributed by atoms with Crippen LogP contribution in [0.4, 0.5) is 0 Å². The van der Waals surface area contributed by atoms with E-state index in [1.807, 2.05) is 56.3 Å². The predicted molar refractivity (Wildman–Crippen MR) is 107 cm³/mol. The highest BCUT2D eigenvalue weighted by molar-refractivity contribution is 5.95. The number of amides is 2. The highest BCUT2D eigenvalue weighted by atomic mass is 16.2. The summed E-state index contributed by atoms with van der Waals surface area (Å²) in [6.45, 7) is 4.33. The summed E-state index contributed by atoms with van der Waals surface area (Å²) in [6.07, 6.45) is 0.875. The first-order chi connectivity index (χ1) is 13.1. The molecular weight excluding hydrogens is 338 g/mol. The average Bonchev–Trinajstić information content (AvgIpc) is 2.71. The van der Waals surface area contributed by atoms with E-state index in [1.165, 1.54) is 0 Å². The standard InChI is InChI=1S/C22H23N3O2/c1-3-15(2)24-21(26)18-9-6-7-16(13-18)14-23-22(27)20-12-11-17-8-4-5-10-19(17)25-20/h4-13,15H,3,14H2,1-2H3,(H,23,27)(H,24,26). The first-order valence-electron chi connectivity index (χ1n) is 9.10. The van der Waals surface area contributed by atoms with E-state index < -0.39 is 0 Å². The lowest BCUT2D eigenvalue weighted by molar-refractivity contribution is 0.0936. The Morgan fingerprint density at radius 1 is 1.00 bits per heavy atom. The molecule has 3 rings (SSSR count). The fourth-order valence-corrected chi connectivity index (χ4v) is 2.70. The third-order valence-electron chi connectivity index (χ3n) is 4.46. The molecule has 0 saturated heterocycles. The first-order valence-corrected chi connectivity index (χ1v) is 9.10. The SMILES string of the molecule is CCC(C)NC(=O)c1cccc(CNC(=O)c2ccc3ccccc3n2)c1. The van der Waals surface area contributed by atoms with Crippen molar-refractivity contribution in [3.8, 4) is 0 Å². The summed E-state index contributed by atoms with van der Waals surface area (Å²) in [6, 6.07) is 18.7. The number of benzene rings is 2. The molecule has 0 radical (unpaired) electrons. The van der Waals surface area contributed by atoms with Gasteiger partial charge < -0.3 is 10.6 Å². The lowest BCUT2D eigenvalue weighted by Gasteiger charge is -2.12. The van der Waals surface area contributed by atoms with E-state index in [0.717, 1.165) is 22.9 Å². The highest BCUT2D eigenvalue weighted by Crippen LogP contribution is 2.12. The summed E-state index contributed by atoms with van der Waals surface area (Å²) in [4.78, 5) is 29.1. The second-order valence-corrected chi connectivity index (χ2v) is 6.56. The van der Waals surface area contributed by atoms with Crippen LogP contribution in [-0.2, 0) is 6.54 Å². The van der Waals surface area contributed by atoms with E-state index in [0.29, 0.717) is 17.8 Å². The number of carbonyl (C=O) groups excluding carboxylic acids is 2. The fraction of sp³-hybridized carbons (Fsp3) is 0.227. The Morgan fingerprint density at radius 3 is 2.63 bits per heavy atom. The van der Waals surface area contributed by atoms with Crippen molar-refractivity contribution in [2.24, 2.45) is 0 Å². The van der Waals surface area contributed by atoms with Crippen molar-refractivity contribution in [1.82, 2.24) is 15.6 Å². The molecule has 2 amide bonds. The molecular formula is C22H23N3O2. The van der Waals surface area contributed by atoms with Gasteiger partial charge in [-0.2, -0.15) is 0 Å². The second kappa shape index (κ2) is 8.45. The Morgan fingerprint density at radius 2 is 1.81 bits per heavy atom. The van der Waals surface area contributed by atoms with Crippen LogP contribution >= 0.6 is 0 Å². The van der Waals surface area contributed by atoms with Gasteiger partial charge >= 0.3 is 0 Å². The van der Waals surface area contributed by atoms with Crippen LogP contribution in [0.3, 0.4) is 0 Å². The van der Waals surface area contributed by atoms with Crippen LogP contribution in [0, 0.1) is 0 Å². The highest BCUT2D eigenvalue weighted by Gasteiger charge is 2.11. The summed E-state index contributed by atoms with van der Waals surface area (Å²) in [5.74, 6) is -0.344. The monoisotopic (exact) mass is 361 g/mol. The minimum absolute atomic E-state index is 0.103. The van der Waals surface area contributed by atoms with E-state index in [2.05, 4.69) is 15.6 Å². The van der Waals surface area contributed by atoms with E-state index >= 15 is 0 Å². The molecule has 2 aromatic carbocycles. The number of nitrogens with zero attached hydrogens (tertiary/aromatic N) is 1. The molecule has 0 aliphatic rings. The molecule has 0 aliphatic heterocycles. The molecule has 1 unspecified atom stereocenters. The number of hydrogen-bond acceptors (Lipinski definition) is 3. The maximum absolute atomic E-state index is 12.4. The molecule has 138 valence electrons. The Labute approximate surface area is 158 Å². The maximum atomic E-state index is 12.4. The van der Waals surface area contributed by atoms with Crippen molar-refractivity contribution in [2.75, 3.05) is 0 Å². The van der Waals surface area contributed by atoms with Crippen molar-refractivity contribution in [2.45, 2.75) is 32.9 Å². The molecule has 1 heterocycles. The van der Waals surface area contributed by atoms with Crippen LogP contribution in [0.15, 0.2) is 60.7 Å². The van der Waals surface area contributed by atoms with Gasteiger partial charge in [0.05, 0.1) is 5.52 Å². The van der Waals surface area contributed by atoms with Gasteiger partial charge in [0.15, 0.2) is 0 Å². The molecule has 0 spiro atoms. The number of para-hydroxylation sites is 1. The van der Waals surface area contributed by atoms with Crippen molar-refractivity contribution in [3.05, 3.63) is 77.5 Å². The van der Waals surface area contributed by atoms with Gasteiger partial charge in [-0.05, 0) is 43.2 Å². The fourth-order valence-electron chi connectivity index (χ4n) is 2.70. The number of pyridine rings is 1. The zero-order chi connectivity index (χ0) is 19.2. The zero-order valence-electron chi connectivity index (χ0n) is 15.5. The van der Waals surface area contributed by atoms with E-state index in [-0.39, 0.29) is 17.9 Å². The lowest BCUT2D eigenvalue weighted by Crippen LogP contribution is -2.32. The van der Waals surface area contributed by atoms with Crippen LogP contribution in [0.2, 0.25) is 0 Å². The maximum Gasteiger partial charge on any atom is 0.270 e. The minimum Gasteiger partial charge on any atom is -0.350 e. The number of carbonyl (C=O) groups is 2. The Kier molecular flexibility index (Phi) is 5.81. The molecule has 0 bridgehead atoms. The van der Waals surface area contributed by atoms with E-state index in [4.69, 9.17) is 0 Å². The topological polar surface area (TPSA) is 71.1 Å². The molecule has 3 aromatic rings. The molecule has 0 fully saturated rings. The van der Waals surface area contributed by atoms with Gasteiger partial charge in [0.2, 0.25) is 0 Å². The molecule has 5 heteroatoms. The number of aromatic nitrogens is 1. The van der Waals surface area contributed by atoms with Gasteiger partial charge in [0.1, 0.15) is 5.69 Å². The van der Waals surface area contributed by atoms with Crippen molar-refractivity contribution < 1.29 is 9.59 Å². The van der Waals surface area contributed by atoms with Gasteiger partial charge in [0, 0.05) is 23.5 Å². The van der Waals surface area contributed by atoms with Gasteiger partial charge in [-0.15, -0.1) is 0 Å². The van der Waals surface area contributed by atoms with Crippen molar-refractivity contribution in [3.63, 3.8) is 0 Å². The largest absolute Gasteiger partial charge is 0.350 e. The Hall–Kier alpha value is -3.21. The van der Waals surface area contributed by atoms with Crippen LogP contribution < -0.4 is 10.6 Å². The smallest absolute Gasteiger partial charge is 0.270 e. The molecule has 2 N–H and O–H groups in total. The average molecular weight is 361 g/mol. The Balaban J connectivity index is 1.66. The number of fused-ring (bicyclic) bond motifs is 1. The second-order valence-electron chi connectivity index (χ2n) is 6.56. The quantitative estimate of drug-likeness (QED) is 0.703. The van der Waals surface area contributed by atoms with Gasteiger partial charge in [-0.1, -0.05) is 43.3 Å². The molecule has 1 aromatic heterocycles. The third kappa shape index (κ3) is 4.70. The normalized spacial score (nSPS) is 11.8. The number of nitrogens with one attached hydrogen (secondary N) is 2. The predicted octanol–water partition coefficient (Wildman–Crippen LogP) is 3.69. The molecule has 0 aliphatic carbocycles. The van der Waals surface area contributed by atoms with Crippen LogP contribution in [0.1, 0.15) is 46.7 Å². The van der Waals surface area contributed by atoms with Crippen LogP contribution in [0.5, 0.6) is 0 Å². The minimum atomic E-state index is -0.241. The summed E-state index contributed by atoms with van der Waals surface area (Å²) in [5.41, 5.74) is 2.61. The third-order valence-corrected chi connectivity index (χ3v) is 4.46. The molecule has 5 nitrogen and oxygen atoms in total. The summed E-state index contributed by atoms with van der Waals surface area (Å²) >= 11 is 0. The van der Waals surface area contributed by atoms with Crippen molar-refractivity contribution >= 4 is 22.7 Å². The van der Waals surface area contributed by atoms with Gasteiger partial charge in [-0.3, -0.25) is 9.59 Å². The summed E-state index contributed by atoms with van der Waals surface area (Å²) in [7, 11) is 0. The van der Waals surface area contributed by atoms with E-state index in [9.17, 15) is 9.59 Å². The van der Waals surface area contributed by atoms with E-state index in [1.54, 1.807) is 18.2 Å². The van der Waals surface area contributed by atoms with Crippen LogP contribution in [0.25, 0.3) is 10.9 Å². The number of hydrogen-bond donors (Lipinski definition) is 2. The summed E-state index contributed by atoms with van der Waals surface area (Å²) < 4.78 is 0. The van der Waals surface area contributed by atoms with Gasteiger partial charge in [0.25, 0.3) is 11.8 Å². The first kappa shape index (κ1) is 18.6.